The first kappa shape index (κ1) is 13.2. The summed E-state index contributed by atoms with van der Waals surface area (Å²) in [4.78, 5) is 26.7. The number of amides is 2. The van der Waals surface area contributed by atoms with Gasteiger partial charge in [0.25, 0.3) is 0 Å². The monoisotopic (exact) mass is 349 g/mol. The first-order chi connectivity index (χ1) is 10.1. The van der Waals surface area contributed by atoms with Gasteiger partial charge in [0, 0.05) is 4.47 Å². The zero-order valence-corrected chi connectivity index (χ0v) is 12.5. The van der Waals surface area contributed by atoms with E-state index < -0.39 is 23.5 Å². The summed E-state index contributed by atoms with van der Waals surface area (Å²) in [7, 11) is 0. The van der Waals surface area contributed by atoms with Crippen molar-refractivity contribution in [3.05, 3.63) is 40.9 Å². The fourth-order valence-corrected chi connectivity index (χ4v) is 4.02. The van der Waals surface area contributed by atoms with Crippen molar-refractivity contribution >= 4 is 33.4 Å². The van der Waals surface area contributed by atoms with E-state index in [0.717, 1.165) is 0 Å². The van der Waals surface area contributed by atoms with Gasteiger partial charge in [0.15, 0.2) is 0 Å². The van der Waals surface area contributed by atoms with Crippen LogP contribution in [0.15, 0.2) is 40.9 Å². The van der Waals surface area contributed by atoms with Gasteiger partial charge in [0.1, 0.15) is 5.60 Å². The summed E-state index contributed by atoms with van der Waals surface area (Å²) >= 11 is 3.38. The molecule has 21 heavy (non-hydrogen) atoms. The lowest BCUT2D eigenvalue weighted by Gasteiger charge is -2.26. The number of carbonyl (C=O) groups is 2. The normalized spacial score (nSPS) is 36.7. The quantitative estimate of drug-likeness (QED) is 0.644. The molecule has 5 nitrogen and oxygen atoms in total. The Labute approximate surface area is 129 Å². The van der Waals surface area contributed by atoms with Gasteiger partial charge in [0.05, 0.1) is 30.2 Å². The minimum absolute atomic E-state index is 0.262. The summed E-state index contributed by atoms with van der Waals surface area (Å²) < 4.78 is 6.38. The largest absolute Gasteiger partial charge is 0.393 e. The van der Waals surface area contributed by atoms with E-state index in [-0.39, 0.29) is 18.4 Å². The fraction of sp³-hybridized carbons (Fsp3) is 0.333. The number of nitrogens with zero attached hydrogens (tertiary/aromatic N) is 1. The first-order valence-electron chi connectivity index (χ1n) is 6.69. The molecule has 0 unspecified atom stereocenters. The third-order valence-electron chi connectivity index (χ3n) is 4.50. The third kappa shape index (κ3) is 1.52. The molecular weight excluding hydrogens is 338 g/mol. The molecule has 2 amide bonds. The Bertz CT molecular complexity index is 688. The number of anilines is 1. The molecule has 3 aliphatic rings. The highest BCUT2D eigenvalue weighted by atomic mass is 79.9. The summed E-state index contributed by atoms with van der Waals surface area (Å²) in [6.45, 7) is -0.302. The van der Waals surface area contributed by atoms with Crippen LogP contribution < -0.4 is 4.90 Å². The molecule has 6 heteroatoms. The Morgan fingerprint density at radius 3 is 2.76 bits per heavy atom. The van der Waals surface area contributed by atoms with Crippen LogP contribution in [0.4, 0.5) is 5.69 Å². The van der Waals surface area contributed by atoms with Gasteiger partial charge in [0.2, 0.25) is 11.8 Å². The molecule has 1 aromatic carbocycles. The van der Waals surface area contributed by atoms with Crippen LogP contribution in [0.5, 0.6) is 0 Å². The minimum atomic E-state index is -1.04. The van der Waals surface area contributed by atoms with Crippen molar-refractivity contribution < 1.29 is 19.4 Å². The molecule has 4 atom stereocenters. The molecule has 1 N–H and O–H groups in total. The summed E-state index contributed by atoms with van der Waals surface area (Å²) in [5.41, 5.74) is -0.507. The number of ether oxygens (including phenoxy) is 1. The topological polar surface area (TPSA) is 66.8 Å². The molecule has 2 bridgehead atoms. The van der Waals surface area contributed by atoms with Crippen LogP contribution in [-0.2, 0) is 14.3 Å². The smallest absolute Gasteiger partial charge is 0.241 e. The Morgan fingerprint density at radius 2 is 2.05 bits per heavy atom. The number of aliphatic hydroxyl groups excluding tert-OH is 1. The van der Waals surface area contributed by atoms with Crippen LogP contribution in [0.3, 0.4) is 0 Å². The molecule has 1 aromatic rings. The maximum Gasteiger partial charge on any atom is 0.241 e. The highest BCUT2D eigenvalue weighted by Crippen LogP contribution is 2.52. The van der Waals surface area contributed by atoms with Crippen LogP contribution >= 0.6 is 15.9 Å². The van der Waals surface area contributed by atoms with Gasteiger partial charge in [-0.15, -0.1) is 0 Å². The molecule has 3 heterocycles. The standard InChI is InChI=1S/C15H12BrNO4/c16-8-3-1-2-4-9(8)17-13(19)11-10-5-6-15(7-18,21-10)12(11)14(17)20/h1-6,10-12,18H,7H2/t10-,11-,12-,15+/m0/s1. The van der Waals surface area contributed by atoms with E-state index in [1.165, 1.54) is 4.90 Å². The SMILES string of the molecule is O=C1[C@H]2[C@@H]3C=C[C@](CO)(O3)[C@@H]2C(=O)N1c1ccccc1Br. The number of rotatable bonds is 2. The molecule has 3 aliphatic heterocycles. The van der Waals surface area contributed by atoms with Gasteiger partial charge >= 0.3 is 0 Å². The van der Waals surface area contributed by atoms with Gasteiger partial charge in [-0.25, -0.2) is 4.90 Å². The number of carbonyl (C=O) groups excluding carboxylic acids is 2. The Balaban J connectivity index is 1.81. The summed E-state index contributed by atoms with van der Waals surface area (Å²) in [6, 6.07) is 7.11. The number of hydrogen-bond donors (Lipinski definition) is 1. The van der Waals surface area contributed by atoms with E-state index >= 15 is 0 Å². The molecule has 2 saturated heterocycles. The van der Waals surface area contributed by atoms with Crippen LogP contribution in [0.1, 0.15) is 0 Å². The first-order valence-corrected chi connectivity index (χ1v) is 7.49. The highest BCUT2D eigenvalue weighted by molar-refractivity contribution is 9.10. The van der Waals surface area contributed by atoms with Crippen molar-refractivity contribution in [3.63, 3.8) is 0 Å². The zero-order valence-electron chi connectivity index (χ0n) is 10.9. The molecule has 108 valence electrons. The van der Waals surface area contributed by atoms with E-state index in [1.54, 1.807) is 30.4 Å². The molecule has 0 aromatic heterocycles. The number of benzene rings is 1. The van der Waals surface area contributed by atoms with Gasteiger partial charge in [-0.2, -0.15) is 0 Å². The Hall–Kier alpha value is -1.50. The van der Waals surface area contributed by atoms with E-state index in [1.807, 2.05) is 6.07 Å². The van der Waals surface area contributed by atoms with E-state index in [4.69, 9.17) is 4.74 Å². The molecule has 0 spiro atoms. The summed E-state index contributed by atoms with van der Waals surface area (Å²) in [6.07, 6.45) is 3.06. The number of hydrogen-bond acceptors (Lipinski definition) is 4. The number of para-hydroxylation sites is 1. The van der Waals surface area contributed by atoms with Crippen molar-refractivity contribution in [2.45, 2.75) is 11.7 Å². The average Bonchev–Trinajstić information content (AvgIpc) is 3.12. The predicted octanol–water partition coefficient (Wildman–Crippen LogP) is 1.25. The lowest BCUT2D eigenvalue weighted by Crippen LogP contribution is -2.43. The summed E-state index contributed by atoms with van der Waals surface area (Å²) in [5.74, 6) is -1.75. The molecule has 0 aliphatic carbocycles. The Morgan fingerprint density at radius 1 is 1.29 bits per heavy atom. The van der Waals surface area contributed by atoms with Crippen molar-refractivity contribution in [2.24, 2.45) is 11.8 Å². The lowest BCUT2D eigenvalue weighted by atomic mass is 9.77. The van der Waals surface area contributed by atoms with E-state index in [2.05, 4.69) is 15.9 Å². The maximum absolute atomic E-state index is 12.8. The van der Waals surface area contributed by atoms with Crippen LogP contribution in [0.25, 0.3) is 0 Å². The third-order valence-corrected chi connectivity index (χ3v) is 5.17. The van der Waals surface area contributed by atoms with Crippen molar-refractivity contribution in [1.82, 2.24) is 0 Å². The lowest BCUT2D eigenvalue weighted by molar-refractivity contribution is -0.128. The van der Waals surface area contributed by atoms with Gasteiger partial charge in [-0.05, 0) is 28.1 Å². The predicted molar refractivity (Wildman–Crippen MR) is 77.4 cm³/mol. The zero-order chi connectivity index (χ0) is 14.8. The second-order valence-corrected chi connectivity index (χ2v) is 6.38. The molecule has 0 saturated carbocycles. The maximum atomic E-state index is 12.8. The van der Waals surface area contributed by atoms with E-state index in [9.17, 15) is 14.7 Å². The molecule has 0 radical (unpaired) electrons. The molecule has 4 rings (SSSR count). The van der Waals surface area contributed by atoms with Crippen molar-refractivity contribution in [2.75, 3.05) is 11.5 Å². The van der Waals surface area contributed by atoms with Gasteiger partial charge in [-0.3, -0.25) is 9.59 Å². The van der Waals surface area contributed by atoms with Crippen molar-refractivity contribution in [1.29, 1.82) is 0 Å². The number of fused-ring (bicyclic) bond motifs is 5. The van der Waals surface area contributed by atoms with Crippen LogP contribution in [-0.4, -0.2) is 35.2 Å². The second-order valence-electron chi connectivity index (χ2n) is 5.52. The highest BCUT2D eigenvalue weighted by Gasteiger charge is 2.67. The molecular formula is C15H12BrNO4. The Kier molecular flexibility index (Phi) is 2.67. The number of halogens is 1. The number of aliphatic hydroxyl groups is 1. The fourth-order valence-electron chi connectivity index (χ4n) is 3.55. The molecule has 2 fully saturated rings. The number of imide groups is 1. The van der Waals surface area contributed by atoms with E-state index in [0.29, 0.717) is 10.2 Å². The summed E-state index contributed by atoms with van der Waals surface area (Å²) in [5, 5.41) is 9.64. The van der Waals surface area contributed by atoms with Crippen LogP contribution in [0, 0.1) is 11.8 Å². The van der Waals surface area contributed by atoms with Crippen LogP contribution in [0.2, 0.25) is 0 Å². The average molecular weight is 350 g/mol. The van der Waals surface area contributed by atoms with Gasteiger partial charge in [-0.1, -0.05) is 24.3 Å². The second kappa shape index (κ2) is 4.25. The minimum Gasteiger partial charge on any atom is -0.393 e. The van der Waals surface area contributed by atoms with Crippen molar-refractivity contribution in [3.8, 4) is 0 Å². The van der Waals surface area contributed by atoms with Gasteiger partial charge < -0.3 is 9.84 Å².